The van der Waals surface area contributed by atoms with Crippen molar-refractivity contribution in [2.45, 2.75) is 39.9 Å². The molecule has 0 aromatic carbocycles. The third kappa shape index (κ3) is 6.23. The summed E-state index contributed by atoms with van der Waals surface area (Å²) in [6.45, 7) is 7.66. The van der Waals surface area contributed by atoms with Gasteiger partial charge in [0, 0.05) is 6.54 Å². The SMILES string of the molecule is CC(OC(N)=O)C(O)C(=O)NCC(C)(C)C. The molecule has 0 spiro atoms. The van der Waals surface area contributed by atoms with Gasteiger partial charge < -0.3 is 20.9 Å². The lowest BCUT2D eigenvalue weighted by Crippen LogP contribution is -2.45. The van der Waals surface area contributed by atoms with Crippen LogP contribution in [-0.4, -0.2) is 35.9 Å². The maximum atomic E-state index is 11.4. The van der Waals surface area contributed by atoms with E-state index in [0.29, 0.717) is 6.54 Å². The van der Waals surface area contributed by atoms with Crippen molar-refractivity contribution in [3.63, 3.8) is 0 Å². The van der Waals surface area contributed by atoms with Crippen molar-refractivity contribution in [2.24, 2.45) is 11.1 Å². The predicted molar refractivity (Wildman–Crippen MR) is 58.6 cm³/mol. The molecule has 0 saturated heterocycles. The van der Waals surface area contributed by atoms with Gasteiger partial charge in [-0.05, 0) is 12.3 Å². The number of ether oxygens (including phenoxy) is 1. The van der Waals surface area contributed by atoms with Crippen molar-refractivity contribution < 1.29 is 19.4 Å². The molecule has 2 atom stereocenters. The molecule has 0 aliphatic carbocycles. The van der Waals surface area contributed by atoms with Crippen molar-refractivity contribution in [1.29, 1.82) is 0 Å². The maximum Gasteiger partial charge on any atom is 0.404 e. The van der Waals surface area contributed by atoms with Gasteiger partial charge in [0.25, 0.3) is 5.91 Å². The van der Waals surface area contributed by atoms with Crippen LogP contribution in [0.1, 0.15) is 27.7 Å². The molecule has 2 amide bonds. The third-order valence-corrected chi connectivity index (χ3v) is 1.81. The van der Waals surface area contributed by atoms with Crippen LogP contribution in [-0.2, 0) is 9.53 Å². The van der Waals surface area contributed by atoms with Gasteiger partial charge in [-0.2, -0.15) is 0 Å². The van der Waals surface area contributed by atoms with Gasteiger partial charge in [0.2, 0.25) is 0 Å². The number of aliphatic hydroxyl groups excluding tert-OH is 1. The highest BCUT2D eigenvalue weighted by molar-refractivity contribution is 5.81. The number of carbonyl (C=O) groups is 2. The Balaban J connectivity index is 4.13. The molecule has 94 valence electrons. The van der Waals surface area contributed by atoms with E-state index in [1.54, 1.807) is 0 Å². The zero-order valence-corrected chi connectivity index (χ0v) is 10.1. The fourth-order valence-corrected chi connectivity index (χ4v) is 0.918. The first-order chi connectivity index (χ1) is 7.13. The number of nitrogens with two attached hydrogens (primary N) is 1. The van der Waals surface area contributed by atoms with Gasteiger partial charge in [0.05, 0.1) is 0 Å². The molecule has 0 bridgehead atoms. The van der Waals surface area contributed by atoms with E-state index in [1.807, 2.05) is 20.8 Å². The summed E-state index contributed by atoms with van der Waals surface area (Å²) in [4.78, 5) is 21.8. The molecule has 6 nitrogen and oxygen atoms in total. The van der Waals surface area contributed by atoms with Crippen LogP contribution in [0.15, 0.2) is 0 Å². The lowest BCUT2D eigenvalue weighted by atomic mass is 9.97. The maximum absolute atomic E-state index is 11.4. The summed E-state index contributed by atoms with van der Waals surface area (Å²) in [6, 6.07) is 0. The lowest BCUT2D eigenvalue weighted by Gasteiger charge is -2.22. The number of hydrogen-bond donors (Lipinski definition) is 3. The van der Waals surface area contributed by atoms with E-state index >= 15 is 0 Å². The highest BCUT2D eigenvalue weighted by atomic mass is 16.6. The molecule has 0 aliphatic heterocycles. The molecule has 0 saturated carbocycles. The summed E-state index contributed by atoms with van der Waals surface area (Å²) in [5, 5.41) is 12.0. The van der Waals surface area contributed by atoms with Crippen molar-refractivity contribution in [3.05, 3.63) is 0 Å². The van der Waals surface area contributed by atoms with E-state index in [4.69, 9.17) is 5.73 Å². The molecule has 0 aromatic rings. The Kier molecular flexibility index (Phi) is 5.23. The van der Waals surface area contributed by atoms with Crippen molar-refractivity contribution in [3.8, 4) is 0 Å². The van der Waals surface area contributed by atoms with Crippen molar-refractivity contribution in [2.75, 3.05) is 6.54 Å². The van der Waals surface area contributed by atoms with Gasteiger partial charge in [-0.3, -0.25) is 4.79 Å². The lowest BCUT2D eigenvalue weighted by molar-refractivity contribution is -0.134. The molecular weight excluding hydrogens is 212 g/mol. The van der Waals surface area contributed by atoms with Gasteiger partial charge in [0.15, 0.2) is 6.10 Å². The number of carbonyl (C=O) groups excluding carboxylic acids is 2. The average Bonchev–Trinajstić information content (AvgIpc) is 2.10. The highest BCUT2D eigenvalue weighted by Gasteiger charge is 2.25. The first-order valence-corrected chi connectivity index (χ1v) is 5.05. The fraction of sp³-hybridized carbons (Fsp3) is 0.800. The molecule has 0 radical (unpaired) electrons. The summed E-state index contributed by atoms with van der Waals surface area (Å²) in [5.74, 6) is -0.580. The Bertz CT molecular complexity index is 260. The second-order valence-electron chi connectivity index (χ2n) is 4.87. The molecule has 0 heterocycles. The molecule has 6 heteroatoms. The third-order valence-electron chi connectivity index (χ3n) is 1.81. The second kappa shape index (κ2) is 5.69. The minimum Gasteiger partial charge on any atom is -0.443 e. The zero-order chi connectivity index (χ0) is 12.9. The molecule has 0 fully saturated rings. The average molecular weight is 232 g/mol. The summed E-state index contributed by atoms with van der Waals surface area (Å²) < 4.78 is 4.49. The normalized spacial score (nSPS) is 15.1. The van der Waals surface area contributed by atoms with Crippen LogP contribution in [0.2, 0.25) is 0 Å². The van der Waals surface area contributed by atoms with Crippen LogP contribution in [0.5, 0.6) is 0 Å². The minimum absolute atomic E-state index is 0.0802. The summed E-state index contributed by atoms with van der Waals surface area (Å²) >= 11 is 0. The van der Waals surface area contributed by atoms with Crippen LogP contribution in [0.4, 0.5) is 4.79 Å². The Labute approximate surface area is 95.1 Å². The number of nitrogens with one attached hydrogen (secondary N) is 1. The Morgan fingerprint density at radius 2 is 1.94 bits per heavy atom. The van der Waals surface area contributed by atoms with Gasteiger partial charge in [-0.25, -0.2) is 4.79 Å². The van der Waals surface area contributed by atoms with Gasteiger partial charge >= 0.3 is 6.09 Å². The van der Waals surface area contributed by atoms with Gasteiger partial charge in [0.1, 0.15) is 6.10 Å². The summed E-state index contributed by atoms with van der Waals surface area (Å²) in [6.07, 6.45) is -3.39. The molecule has 16 heavy (non-hydrogen) atoms. The largest absolute Gasteiger partial charge is 0.443 e. The van der Waals surface area contributed by atoms with E-state index in [0.717, 1.165) is 0 Å². The smallest absolute Gasteiger partial charge is 0.404 e. The summed E-state index contributed by atoms with van der Waals surface area (Å²) in [7, 11) is 0. The van der Waals surface area contributed by atoms with E-state index in [-0.39, 0.29) is 5.41 Å². The van der Waals surface area contributed by atoms with Crippen molar-refractivity contribution in [1.82, 2.24) is 5.32 Å². The van der Waals surface area contributed by atoms with Crippen LogP contribution in [0.3, 0.4) is 0 Å². The number of aliphatic hydroxyl groups is 1. The first-order valence-electron chi connectivity index (χ1n) is 5.05. The first kappa shape index (κ1) is 14.7. The predicted octanol–water partition coefficient (Wildman–Crippen LogP) is -0.00660. The Morgan fingerprint density at radius 3 is 2.31 bits per heavy atom. The number of primary amides is 1. The van der Waals surface area contributed by atoms with Crippen LogP contribution in [0.25, 0.3) is 0 Å². The quantitative estimate of drug-likeness (QED) is 0.634. The molecule has 0 aromatic heterocycles. The van der Waals surface area contributed by atoms with E-state index in [9.17, 15) is 14.7 Å². The van der Waals surface area contributed by atoms with E-state index in [2.05, 4.69) is 10.1 Å². The zero-order valence-electron chi connectivity index (χ0n) is 10.1. The van der Waals surface area contributed by atoms with Crippen molar-refractivity contribution >= 4 is 12.0 Å². The molecule has 0 aliphatic rings. The monoisotopic (exact) mass is 232 g/mol. The number of rotatable bonds is 4. The minimum atomic E-state index is -1.41. The van der Waals surface area contributed by atoms with Crippen LogP contribution >= 0.6 is 0 Å². The Morgan fingerprint density at radius 1 is 1.44 bits per heavy atom. The molecular formula is C10H20N2O4. The number of amides is 2. The van der Waals surface area contributed by atoms with E-state index < -0.39 is 24.2 Å². The van der Waals surface area contributed by atoms with Crippen LogP contribution in [0, 0.1) is 5.41 Å². The number of hydrogen-bond acceptors (Lipinski definition) is 4. The van der Waals surface area contributed by atoms with Gasteiger partial charge in [-0.15, -0.1) is 0 Å². The standard InChI is InChI=1S/C10H20N2O4/c1-6(16-9(11)15)7(13)8(14)12-5-10(2,3)4/h6-7,13H,5H2,1-4H3,(H2,11,15)(H,12,14). The Hall–Kier alpha value is -1.30. The van der Waals surface area contributed by atoms with Gasteiger partial charge in [-0.1, -0.05) is 20.8 Å². The highest BCUT2D eigenvalue weighted by Crippen LogP contribution is 2.10. The van der Waals surface area contributed by atoms with Crippen LogP contribution < -0.4 is 11.1 Å². The van der Waals surface area contributed by atoms with E-state index in [1.165, 1.54) is 6.92 Å². The fourth-order valence-electron chi connectivity index (χ4n) is 0.918. The molecule has 4 N–H and O–H groups in total. The molecule has 2 unspecified atom stereocenters. The summed E-state index contributed by atoms with van der Waals surface area (Å²) in [5.41, 5.74) is 4.69. The molecule has 0 rings (SSSR count). The second-order valence-corrected chi connectivity index (χ2v) is 4.87. The topological polar surface area (TPSA) is 102 Å².